The van der Waals surface area contributed by atoms with Crippen molar-refractivity contribution in [3.63, 3.8) is 0 Å². The second kappa shape index (κ2) is 8.38. The SMILES string of the molecule is CCCCCCCCCc1cc(=O)c2c(o1)[C@@H](O)CCC2. The van der Waals surface area contributed by atoms with Crippen molar-refractivity contribution in [3.8, 4) is 0 Å². The van der Waals surface area contributed by atoms with Gasteiger partial charge in [0, 0.05) is 18.1 Å². The molecule has 0 saturated heterocycles. The van der Waals surface area contributed by atoms with E-state index in [-0.39, 0.29) is 5.43 Å². The van der Waals surface area contributed by atoms with E-state index < -0.39 is 6.10 Å². The van der Waals surface area contributed by atoms with Gasteiger partial charge in [0.15, 0.2) is 5.43 Å². The molecule has 118 valence electrons. The van der Waals surface area contributed by atoms with Crippen molar-refractivity contribution in [1.82, 2.24) is 0 Å². The zero-order valence-corrected chi connectivity index (χ0v) is 13.2. The first kappa shape index (κ1) is 16.3. The average molecular weight is 292 g/mol. The molecular formula is C18H28O3. The summed E-state index contributed by atoms with van der Waals surface area (Å²) < 4.78 is 5.79. The van der Waals surface area contributed by atoms with Crippen molar-refractivity contribution >= 4 is 0 Å². The Morgan fingerprint density at radius 2 is 1.90 bits per heavy atom. The molecule has 0 radical (unpaired) electrons. The van der Waals surface area contributed by atoms with Gasteiger partial charge in [0.05, 0.1) is 0 Å². The molecule has 0 aliphatic heterocycles. The standard InChI is InChI=1S/C18H28O3/c1-2-3-4-5-6-7-8-10-14-13-17(20)15-11-9-12-16(19)18(15)21-14/h13,16,19H,2-12H2,1H3/t16-/m0/s1. The molecule has 1 N–H and O–H groups in total. The molecule has 1 aliphatic rings. The normalized spacial score (nSPS) is 17.7. The first-order valence-corrected chi connectivity index (χ1v) is 8.56. The molecule has 0 bridgehead atoms. The van der Waals surface area contributed by atoms with Crippen LogP contribution < -0.4 is 5.43 Å². The van der Waals surface area contributed by atoms with Crippen LogP contribution in [0.15, 0.2) is 15.3 Å². The Hall–Kier alpha value is -1.09. The molecule has 21 heavy (non-hydrogen) atoms. The molecule has 1 aromatic heterocycles. The molecule has 1 atom stereocenters. The molecule has 0 unspecified atom stereocenters. The van der Waals surface area contributed by atoms with Gasteiger partial charge in [-0.2, -0.15) is 0 Å². The highest BCUT2D eigenvalue weighted by Crippen LogP contribution is 2.28. The predicted octanol–water partition coefficient (Wildman–Crippen LogP) is 4.30. The van der Waals surface area contributed by atoms with E-state index in [1.807, 2.05) is 0 Å². The summed E-state index contributed by atoms with van der Waals surface area (Å²) in [6, 6.07) is 1.63. The summed E-state index contributed by atoms with van der Waals surface area (Å²) in [5, 5.41) is 9.97. The van der Waals surface area contributed by atoms with E-state index in [0.29, 0.717) is 17.7 Å². The minimum absolute atomic E-state index is 0.0490. The van der Waals surface area contributed by atoms with E-state index in [0.717, 1.165) is 31.4 Å². The van der Waals surface area contributed by atoms with Gasteiger partial charge in [-0.25, -0.2) is 0 Å². The number of unbranched alkanes of at least 4 members (excludes halogenated alkanes) is 6. The molecule has 0 spiro atoms. The third-order valence-corrected chi connectivity index (χ3v) is 4.36. The number of aliphatic hydroxyl groups excluding tert-OH is 1. The topological polar surface area (TPSA) is 50.4 Å². The van der Waals surface area contributed by atoms with E-state index in [9.17, 15) is 9.90 Å². The Bertz CT molecular complexity index is 490. The molecule has 2 rings (SSSR count). The monoisotopic (exact) mass is 292 g/mol. The number of aryl methyl sites for hydroxylation is 1. The molecular weight excluding hydrogens is 264 g/mol. The van der Waals surface area contributed by atoms with Gasteiger partial charge in [0.1, 0.15) is 17.6 Å². The number of hydrogen-bond donors (Lipinski definition) is 1. The predicted molar refractivity (Wildman–Crippen MR) is 84.6 cm³/mol. The maximum absolute atomic E-state index is 12.1. The van der Waals surface area contributed by atoms with Crippen LogP contribution >= 0.6 is 0 Å². The van der Waals surface area contributed by atoms with Crippen molar-refractivity contribution in [2.45, 2.75) is 83.7 Å². The molecule has 3 heteroatoms. The Labute approximate surface area is 127 Å². The van der Waals surface area contributed by atoms with Crippen molar-refractivity contribution in [2.24, 2.45) is 0 Å². The second-order valence-corrected chi connectivity index (χ2v) is 6.20. The van der Waals surface area contributed by atoms with E-state index in [2.05, 4.69) is 6.92 Å². The lowest BCUT2D eigenvalue weighted by Gasteiger charge is -2.19. The molecule has 1 heterocycles. The van der Waals surface area contributed by atoms with Crippen LogP contribution in [0.1, 0.15) is 87.9 Å². The van der Waals surface area contributed by atoms with Gasteiger partial charge in [-0.3, -0.25) is 4.79 Å². The van der Waals surface area contributed by atoms with E-state index in [1.54, 1.807) is 6.07 Å². The highest BCUT2D eigenvalue weighted by atomic mass is 16.4. The van der Waals surface area contributed by atoms with E-state index >= 15 is 0 Å². The van der Waals surface area contributed by atoms with Gasteiger partial charge in [0.2, 0.25) is 0 Å². The van der Waals surface area contributed by atoms with Gasteiger partial charge in [0.25, 0.3) is 0 Å². The smallest absolute Gasteiger partial charge is 0.188 e. The minimum Gasteiger partial charge on any atom is -0.463 e. The van der Waals surface area contributed by atoms with E-state index in [4.69, 9.17) is 4.42 Å². The van der Waals surface area contributed by atoms with Crippen LogP contribution in [-0.2, 0) is 12.8 Å². The summed E-state index contributed by atoms with van der Waals surface area (Å²) in [7, 11) is 0. The summed E-state index contributed by atoms with van der Waals surface area (Å²) in [6.45, 7) is 2.23. The third kappa shape index (κ3) is 4.70. The van der Waals surface area contributed by atoms with Crippen LogP contribution in [0, 0.1) is 0 Å². The number of fused-ring (bicyclic) bond motifs is 1. The fraction of sp³-hybridized carbons (Fsp3) is 0.722. The first-order valence-electron chi connectivity index (χ1n) is 8.56. The summed E-state index contributed by atoms with van der Waals surface area (Å²) in [5.41, 5.74) is 0.741. The van der Waals surface area contributed by atoms with Crippen molar-refractivity contribution < 1.29 is 9.52 Å². The second-order valence-electron chi connectivity index (χ2n) is 6.20. The molecule has 1 aromatic rings. The Balaban J connectivity index is 1.83. The van der Waals surface area contributed by atoms with Gasteiger partial charge in [-0.1, -0.05) is 45.4 Å². The molecule has 1 aliphatic carbocycles. The Morgan fingerprint density at radius 1 is 1.19 bits per heavy atom. The maximum Gasteiger partial charge on any atom is 0.188 e. The minimum atomic E-state index is -0.588. The molecule has 0 saturated carbocycles. The lowest BCUT2D eigenvalue weighted by atomic mass is 9.94. The van der Waals surface area contributed by atoms with Crippen molar-refractivity contribution in [3.05, 3.63) is 33.4 Å². The zero-order valence-electron chi connectivity index (χ0n) is 13.2. The molecule has 0 aromatic carbocycles. The largest absolute Gasteiger partial charge is 0.463 e. The Morgan fingerprint density at radius 3 is 2.67 bits per heavy atom. The Kier molecular flexibility index (Phi) is 6.50. The fourth-order valence-electron chi connectivity index (χ4n) is 3.09. The zero-order chi connectivity index (χ0) is 15.1. The van der Waals surface area contributed by atoms with Gasteiger partial charge < -0.3 is 9.52 Å². The van der Waals surface area contributed by atoms with Crippen LogP contribution in [0.2, 0.25) is 0 Å². The van der Waals surface area contributed by atoms with Crippen LogP contribution in [0.4, 0.5) is 0 Å². The van der Waals surface area contributed by atoms with Crippen LogP contribution in [0.25, 0.3) is 0 Å². The highest BCUT2D eigenvalue weighted by molar-refractivity contribution is 5.24. The summed E-state index contributed by atoms with van der Waals surface area (Å²) in [6.07, 6.45) is 11.3. The first-order chi connectivity index (χ1) is 10.2. The van der Waals surface area contributed by atoms with Gasteiger partial charge >= 0.3 is 0 Å². The van der Waals surface area contributed by atoms with Crippen LogP contribution in [0.3, 0.4) is 0 Å². The third-order valence-electron chi connectivity index (χ3n) is 4.36. The van der Waals surface area contributed by atoms with Gasteiger partial charge in [-0.05, 0) is 25.7 Å². The quantitative estimate of drug-likeness (QED) is 0.727. The highest BCUT2D eigenvalue weighted by Gasteiger charge is 2.23. The van der Waals surface area contributed by atoms with Crippen LogP contribution in [-0.4, -0.2) is 5.11 Å². The molecule has 0 fully saturated rings. The lowest BCUT2D eigenvalue weighted by Crippen LogP contribution is -2.19. The number of aliphatic hydroxyl groups is 1. The lowest BCUT2D eigenvalue weighted by molar-refractivity contribution is 0.122. The molecule has 0 amide bonds. The van der Waals surface area contributed by atoms with Crippen LogP contribution in [0.5, 0.6) is 0 Å². The van der Waals surface area contributed by atoms with E-state index in [1.165, 1.54) is 38.5 Å². The summed E-state index contributed by atoms with van der Waals surface area (Å²) in [5.74, 6) is 1.28. The van der Waals surface area contributed by atoms with Gasteiger partial charge in [-0.15, -0.1) is 0 Å². The maximum atomic E-state index is 12.1. The molecule has 3 nitrogen and oxygen atoms in total. The summed E-state index contributed by atoms with van der Waals surface area (Å²) in [4.78, 5) is 12.1. The number of rotatable bonds is 8. The fourth-order valence-corrected chi connectivity index (χ4v) is 3.09. The number of hydrogen-bond acceptors (Lipinski definition) is 3. The van der Waals surface area contributed by atoms with Crippen molar-refractivity contribution in [1.29, 1.82) is 0 Å². The van der Waals surface area contributed by atoms with Crippen molar-refractivity contribution in [2.75, 3.05) is 0 Å². The average Bonchev–Trinajstić information content (AvgIpc) is 2.47. The summed E-state index contributed by atoms with van der Waals surface area (Å²) >= 11 is 0.